The van der Waals surface area contributed by atoms with Gasteiger partial charge in [0.1, 0.15) is 22.2 Å². The van der Waals surface area contributed by atoms with Gasteiger partial charge in [0.05, 0.1) is 5.69 Å². The van der Waals surface area contributed by atoms with Gasteiger partial charge in [0.25, 0.3) is 5.91 Å². The topological polar surface area (TPSA) is 51.2 Å². The van der Waals surface area contributed by atoms with Crippen molar-refractivity contribution < 1.29 is 9.53 Å². The maximum atomic E-state index is 12.7. The minimum Gasteiger partial charge on any atom is -0.486 e. The van der Waals surface area contributed by atoms with Crippen LogP contribution in [0.1, 0.15) is 56.8 Å². The van der Waals surface area contributed by atoms with E-state index < -0.39 is 0 Å². The van der Waals surface area contributed by atoms with Gasteiger partial charge in [-0.1, -0.05) is 38.1 Å². The van der Waals surface area contributed by atoms with Gasteiger partial charge in [0.15, 0.2) is 0 Å². The molecule has 0 unspecified atom stereocenters. The van der Waals surface area contributed by atoms with E-state index in [-0.39, 0.29) is 5.91 Å². The van der Waals surface area contributed by atoms with Gasteiger partial charge < -0.3 is 10.1 Å². The molecule has 0 radical (unpaired) electrons. The van der Waals surface area contributed by atoms with Gasteiger partial charge in [0.2, 0.25) is 0 Å². The van der Waals surface area contributed by atoms with Crippen molar-refractivity contribution in [2.75, 3.05) is 5.32 Å². The van der Waals surface area contributed by atoms with Gasteiger partial charge in [-0.05, 0) is 61.6 Å². The molecule has 4 nitrogen and oxygen atoms in total. The highest BCUT2D eigenvalue weighted by atomic mass is 32.1. The summed E-state index contributed by atoms with van der Waals surface area (Å²) in [6.45, 7) is 10.6. The SMILES string of the molecule is Cc1ccc(C)c(OCc2nc(C)c(C(=O)Nc3ccc(C(C)C)cc3)s2)c1. The molecule has 0 saturated carbocycles. The van der Waals surface area contributed by atoms with Crippen LogP contribution in [0.25, 0.3) is 0 Å². The van der Waals surface area contributed by atoms with Gasteiger partial charge >= 0.3 is 0 Å². The Balaban J connectivity index is 1.67. The predicted octanol–water partition coefficient (Wildman–Crippen LogP) is 6.02. The third kappa shape index (κ3) is 4.78. The number of thiazole rings is 1. The van der Waals surface area contributed by atoms with Crippen LogP contribution in [0.2, 0.25) is 0 Å². The smallest absolute Gasteiger partial charge is 0.267 e. The Morgan fingerprint density at radius 3 is 2.50 bits per heavy atom. The maximum Gasteiger partial charge on any atom is 0.267 e. The first-order chi connectivity index (χ1) is 13.3. The van der Waals surface area contributed by atoms with E-state index in [0.29, 0.717) is 17.4 Å². The van der Waals surface area contributed by atoms with E-state index in [1.165, 1.54) is 16.9 Å². The third-order valence-electron chi connectivity index (χ3n) is 4.58. The second-order valence-electron chi connectivity index (χ2n) is 7.31. The highest BCUT2D eigenvalue weighted by Gasteiger charge is 2.16. The van der Waals surface area contributed by atoms with E-state index >= 15 is 0 Å². The van der Waals surface area contributed by atoms with Crippen LogP contribution in [-0.4, -0.2) is 10.9 Å². The minimum absolute atomic E-state index is 0.134. The highest BCUT2D eigenvalue weighted by molar-refractivity contribution is 7.13. The molecular weight excluding hydrogens is 368 g/mol. The van der Waals surface area contributed by atoms with E-state index in [1.807, 2.05) is 57.2 Å². The maximum absolute atomic E-state index is 12.7. The molecule has 1 N–H and O–H groups in total. The molecule has 0 aliphatic carbocycles. The molecule has 5 heteroatoms. The summed E-state index contributed by atoms with van der Waals surface area (Å²) in [5.41, 5.74) is 5.00. The molecule has 28 heavy (non-hydrogen) atoms. The van der Waals surface area contributed by atoms with Crippen molar-refractivity contribution in [3.05, 3.63) is 74.7 Å². The average molecular weight is 395 g/mol. The van der Waals surface area contributed by atoms with Crippen LogP contribution in [0, 0.1) is 20.8 Å². The number of benzene rings is 2. The van der Waals surface area contributed by atoms with Crippen molar-refractivity contribution in [3.63, 3.8) is 0 Å². The molecule has 0 fully saturated rings. The van der Waals surface area contributed by atoms with Crippen LogP contribution in [0.4, 0.5) is 5.69 Å². The Morgan fingerprint density at radius 2 is 1.82 bits per heavy atom. The van der Waals surface area contributed by atoms with Gasteiger partial charge in [-0.15, -0.1) is 11.3 Å². The Labute approximate surface area is 170 Å². The Bertz CT molecular complexity index is 975. The lowest BCUT2D eigenvalue weighted by molar-refractivity contribution is 0.103. The van der Waals surface area contributed by atoms with Gasteiger partial charge in [-0.2, -0.15) is 0 Å². The molecule has 1 aromatic heterocycles. The number of nitrogens with zero attached hydrogens (tertiary/aromatic N) is 1. The number of anilines is 1. The average Bonchev–Trinajstić information content (AvgIpc) is 3.03. The second-order valence-corrected chi connectivity index (χ2v) is 8.39. The number of aromatic nitrogens is 1. The summed E-state index contributed by atoms with van der Waals surface area (Å²) < 4.78 is 5.92. The zero-order valence-corrected chi connectivity index (χ0v) is 17.8. The van der Waals surface area contributed by atoms with Crippen LogP contribution in [0.5, 0.6) is 5.75 Å². The fourth-order valence-electron chi connectivity index (χ4n) is 2.87. The van der Waals surface area contributed by atoms with Crippen molar-refractivity contribution in [3.8, 4) is 5.75 Å². The normalized spacial score (nSPS) is 10.9. The lowest BCUT2D eigenvalue weighted by Gasteiger charge is -2.08. The molecule has 3 rings (SSSR count). The molecular formula is C23H26N2O2S. The number of amides is 1. The van der Waals surface area contributed by atoms with E-state index in [2.05, 4.69) is 30.2 Å². The highest BCUT2D eigenvalue weighted by Crippen LogP contribution is 2.24. The van der Waals surface area contributed by atoms with Crippen molar-refractivity contribution in [1.82, 2.24) is 4.98 Å². The van der Waals surface area contributed by atoms with Crippen LogP contribution >= 0.6 is 11.3 Å². The summed E-state index contributed by atoms with van der Waals surface area (Å²) in [7, 11) is 0. The van der Waals surface area contributed by atoms with Gasteiger partial charge in [0, 0.05) is 5.69 Å². The van der Waals surface area contributed by atoms with Gasteiger partial charge in [-0.25, -0.2) is 4.98 Å². The zero-order valence-electron chi connectivity index (χ0n) is 17.0. The number of hydrogen-bond donors (Lipinski definition) is 1. The number of carbonyl (C=O) groups is 1. The fraction of sp³-hybridized carbons (Fsp3) is 0.304. The van der Waals surface area contributed by atoms with Crippen LogP contribution in [0.15, 0.2) is 42.5 Å². The fourth-order valence-corrected chi connectivity index (χ4v) is 3.74. The lowest BCUT2D eigenvalue weighted by atomic mass is 10.0. The first-order valence-corrected chi connectivity index (χ1v) is 10.2. The molecule has 1 heterocycles. The summed E-state index contributed by atoms with van der Waals surface area (Å²) in [5.74, 6) is 1.18. The van der Waals surface area contributed by atoms with E-state index in [4.69, 9.17) is 4.74 Å². The lowest BCUT2D eigenvalue weighted by Crippen LogP contribution is -2.11. The number of rotatable bonds is 6. The van der Waals surface area contributed by atoms with Crippen LogP contribution in [0.3, 0.4) is 0 Å². The second kappa shape index (κ2) is 8.57. The standard InChI is InChI=1S/C23H26N2O2S/c1-14(2)18-8-10-19(11-9-18)25-23(26)22-17(5)24-21(28-22)13-27-20-12-15(3)6-7-16(20)4/h6-12,14H,13H2,1-5H3,(H,25,26). The van der Waals surface area contributed by atoms with E-state index in [9.17, 15) is 4.79 Å². The molecule has 0 aliphatic heterocycles. The largest absolute Gasteiger partial charge is 0.486 e. The number of nitrogens with one attached hydrogen (secondary N) is 1. The van der Waals surface area contributed by atoms with Crippen molar-refractivity contribution in [1.29, 1.82) is 0 Å². The van der Waals surface area contributed by atoms with E-state index in [1.54, 1.807) is 0 Å². The number of hydrogen-bond acceptors (Lipinski definition) is 4. The molecule has 0 aliphatic rings. The third-order valence-corrected chi connectivity index (χ3v) is 5.71. The monoisotopic (exact) mass is 394 g/mol. The molecule has 0 spiro atoms. The molecule has 0 atom stereocenters. The molecule has 146 valence electrons. The molecule has 0 saturated heterocycles. The zero-order chi connectivity index (χ0) is 20.3. The number of carbonyl (C=O) groups excluding carboxylic acids is 1. The first-order valence-electron chi connectivity index (χ1n) is 9.41. The van der Waals surface area contributed by atoms with Crippen molar-refractivity contribution >= 4 is 22.9 Å². The minimum atomic E-state index is -0.134. The van der Waals surface area contributed by atoms with E-state index in [0.717, 1.165) is 33.3 Å². The number of aryl methyl sites for hydroxylation is 3. The van der Waals surface area contributed by atoms with Crippen LogP contribution < -0.4 is 10.1 Å². The predicted molar refractivity (Wildman–Crippen MR) is 116 cm³/mol. The first kappa shape index (κ1) is 20.1. The Hall–Kier alpha value is -2.66. The van der Waals surface area contributed by atoms with Crippen molar-refractivity contribution in [2.45, 2.75) is 47.1 Å². The summed E-state index contributed by atoms with van der Waals surface area (Å²) in [5, 5.41) is 3.75. The summed E-state index contributed by atoms with van der Waals surface area (Å²) in [6, 6.07) is 14.1. The molecule has 1 amide bonds. The van der Waals surface area contributed by atoms with Gasteiger partial charge in [-0.3, -0.25) is 4.79 Å². The number of ether oxygens (including phenoxy) is 1. The molecule has 3 aromatic rings. The molecule has 0 bridgehead atoms. The summed E-state index contributed by atoms with van der Waals surface area (Å²) >= 11 is 1.38. The van der Waals surface area contributed by atoms with Crippen LogP contribution in [-0.2, 0) is 6.61 Å². The summed E-state index contributed by atoms with van der Waals surface area (Å²) in [6.07, 6.45) is 0. The molecule has 2 aromatic carbocycles. The van der Waals surface area contributed by atoms with Crippen molar-refractivity contribution in [2.24, 2.45) is 0 Å². The summed E-state index contributed by atoms with van der Waals surface area (Å²) in [4.78, 5) is 17.8. The Kier molecular flexibility index (Phi) is 6.15. The quantitative estimate of drug-likeness (QED) is 0.556. The Morgan fingerprint density at radius 1 is 1.11 bits per heavy atom.